The summed E-state index contributed by atoms with van der Waals surface area (Å²) in [6.07, 6.45) is 4.69. The molecule has 0 spiro atoms. The van der Waals surface area contributed by atoms with Gasteiger partial charge >= 0.3 is 0 Å². The Balaban J connectivity index is 1.92. The number of nitrogens with one attached hydrogen (secondary N) is 1. The maximum Gasteiger partial charge on any atom is 0.252 e. The molecule has 1 aromatic carbocycles. The number of hydrogen-bond donors (Lipinski definition) is 1. The molecule has 0 bridgehead atoms. The molecule has 1 N–H and O–H groups in total. The van der Waals surface area contributed by atoms with Crippen LogP contribution < -0.4 is 5.32 Å². The maximum atomic E-state index is 12.2. The molecule has 1 amide bonds. The van der Waals surface area contributed by atoms with Crippen LogP contribution in [0.4, 0.5) is 0 Å². The molecular formula is C18H19N3O. The van der Waals surface area contributed by atoms with E-state index in [9.17, 15) is 4.79 Å². The number of aromatic nitrogens is 2. The van der Waals surface area contributed by atoms with Crippen molar-refractivity contribution in [3.05, 3.63) is 60.4 Å². The van der Waals surface area contributed by atoms with Gasteiger partial charge in [-0.25, -0.2) is 4.98 Å². The van der Waals surface area contributed by atoms with E-state index in [1.807, 2.05) is 66.2 Å². The fourth-order valence-corrected chi connectivity index (χ4v) is 2.28. The third-order valence-electron chi connectivity index (χ3n) is 3.77. The molecule has 3 rings (SSSR count). The van der Waals surface area contributed by atoms with E-state index in [0.717, 1.165) is 23.3 Å². The van der Waals surface area contributed by atoms with E-state index in [-0.39, 0.29) is 11.9 Å². The van der Waals surface area contributed by atoms with Gasteiger partial charge in [-0.3, -0.25) is 4.79 Å². The molecule has 4 nitrogen and oxygen atoms in total. The summed E-state index contributed by atoms with van der Waals surface area (Å²) in [6.45, 7) is 4.05. The second-order valence-corrected chi connectivity index (χ2v) is 5.46. The standard InChI is InChI=1S/C18H19N3O/c1-3-13(2)19-18(22)15-9-10-17-20-16(12-21(17)11-15)14-7-5-4-6-8-14/h4-13H,3H2,1-2H3,(H,19,22)/t13-/m0/s1. The second-order valence-electron chi connectivity index (χ2n) is 5.46. The average Bonchev–Trinajstić information content (AvgIpc) is 2.98. The van der Waals surface area contributed by atoms with Crippen molar-refractivity contribution in [2.45, 2.75) is 26.3 Å². The Morgan fingerprint density at radius 2 is 1.95 bits per heavy atom. The third-order valence-corrected chi connectivity index (χ3v) is 3.77. The zero-order chi connectivity index (χ0) is 15.5. The predicted octanol–water partition coefficient (Wildman–Crippen LogP) is 3.53. The number of amides is 1. The summed E-state index contributed by atoms with van der Waals surface area (Å²) >= 11 is 0. The molecule has 1 atom stereocenters. The van der Waals surface area contributed by atoms with E-state index < -0.39 is 0 Å². The van der Waals surface area contributed by atoms with Crippen LogP contribution in [0.15, 0.2) is 54.9 Å². The van der Waals surface area contributed by atoms with Gasteiger partial charge in [0.1, 0.15) is 5.65 Å². The van der Waals surface area contributed by atoms with Gasteiger partial charge in [0.25, 0.3) is 5.91 Å². The Bertz CT molecular complexity index is 792. The second kappa shape index (κ2) is 6.02. The van der Waals surface area contributed by atoms with E-state index in [1.54, 1.807) is 0 Å². The number of hydrogen-bond acceptors (Lipinski definition) is 2. The highest BCUT2D eigenvalue weighted by atomic mass is 16.1. The first-order chi connectivity index (χ1) is 10.7. The minimum atomic E-state index is -0.0498. The smallest absolute Gasteiger partial charge is 0.252 e. The summed E-state index contributed by atoms with van der Waals surface area (Å²) in [7, 11) is 0. The van der Waals surface area contributed by atoms with Crippen molar-refractivity contribution in [3.63, 3.8) is 0 Å². The van der Waals surface area contributed by atoms with Gasteiger partial charge in [0.05, 0.1) is 11.3 Å². The van der Waals surface area contributed by atoms with Gasteiger partial charge in [0.15, 0.2) is 0 Å². The van der Waals surface area contributed by atoms with Crippen LogP contribution in [0.2, 0.25) is 0 Å². The molecule has 0 saturated carbocycles. The number of pyridine rings is 1. The van der Waals surface area contributed by atoms with Gasteiger partial charge in [-0.2, -0.15) is 0 Å². The number of imidazole rings is 1. The Hall–Kier alpha value is -2.62. The molecular weight excluding hydrogens is 274 g/mol. The van der Waals surface area contributed by atoms with Crippen molar-refractivity contribution in [1.82, 2.24) is 14.7 Å². The minimum absolute atomic E-state index is 0.0498. The SMILES string of the molecule is CC[C@H](C)NC(=O)c1ccc2nc(-c3ccccc3)cn2c1. The zero-order valence-corrected chi connectivity index (χ0v) is 12.8. The zero-order valence-electron chi connectivity index (χ0n) is 12.8. The summed E-state index contributed by atoms with van der Waals surface area (Å²) in [5.41, 5.74) is 3.45. The molecule has 0 aliphatic carbocycles. The maximum absolute atomic E-state index is 12.2. The van der Waals surface area contributed by atoms with E-state index in [2.05, 4.69) is 17.2 Å². The highest BCUT2D eigenvalue weighted by Crippen LogP contribution is 2.19. The van der Waals surface area contributed by atoms with E-state index in [4.69, 9.17) is 0 Å². The Kier molecular flexibility index (Phi) is 3.92. The Labute approximate surface area is 129 Å². The van der Waals surface area contributed by atoms with Crippen LogP contribution >= 0.6 is 0 Å². The molecule has 0 fully saturated rings. The molecule has 3 aromatic rings. The van der Waals surface area contributed by atoms with E-state index in [1.165, 1.54) is 0 Å². The number of fused-ring (bicyclic) bond motifs is 1. The first kappa shape index (κ1) is 14.3. The summed E-state index contributed by atoms with van der Waals surface area (Å²) in [4.78, 5) is 16.8. The molecule has 2 aromatic heterocycles. The van der Waals surface area contributed by atoms with Gasteiger partial charge in [-0.1, -0.05) is 37.3 Å². The van der Waals surface area contributed by atoms with Crippen molar-refractivity contribution in [2.24, 2.45) is 0 Å². The minimum Gasteiger partial charge on any atom is -0.350 e. The molecule has 2 heterocycles. The monoisotopic (exact) mass is 293 g/mol. The van der Waals surface area contributed by atoms with Crippen LogP contribution in [-0.4, -0.2) is 21.3 Å². The number of nitrogens with zero attached hydrogens (tertiary/aromatic N) is 2. The van der Waals surface area contributed by atoms with Gasteiger partial charge in [0, 0.05) is 24.0 Å². The van der Waals surface area contributed by atoms with Crippen LogP contribution in [0.5, 0.6) is 0 Å². The van der Waals surface area contributed by atoms with Crippen LogP contribution in [0.1, 0.15) is 30.6 Å². The van der Waals surface area contributed by atoms with Crippen molar-refractivity contribution in [3.8, 4) is 11.3 Å². The first-order valence-electron chi connectivity index (χ1n) is 7.52. The number of carbonyl (C=O) groups excluding carboxylic acids is 1. The van der Waals surface area contributed by atoms with Gasteiger partial charge < -0.3 is 9.72 Å². The fraction of sp³-hybridized carbons (Fsp3) is 0.222. The van der Waals surface area contributed by atoms with Crippen LogP contribution in [-0.2, 0) is 0 Å². The predicted molar refractivity (Wildman–Crippen MR) is 87.8 cm³/mol. The molecule has 0 aliphatic rings. The highest BCUT2D eigenvalue weighted by molar-refractivity contribution is 5.94. The van der Waals surface area contributed by atoms with Crippen LogP contribution in [0.25, 0.3) is 16.9 Å². The summed E-state index contributed by atoms with van der Waals surface area (Å²) in [5, 5.41) is 2.98. The van der Waals surface area contributed by atoms with Crippen LogP contribution in [0, 0.1) is 0 Å². The van der Waals surface area contributed by atoms with Crippen molar-refractivity contribution >= 4 is 11.6 Å². The van der Waals surface area contributed by atoms with Gasteiger partial charge in [0.2, 0.25) is 0 Å². The van der Waals surface area contributed by atoms with Gasteiger partial charge in [-0.05, 0) is 25.5 Å². The number of benzene rings is 1. The van der Waals surface area contributed by atoms with Crippen molar-refractivity contribution in [1.29, 1.82) is 0 Å². The molecule has 4 heteroatoms. The van der Waals surface area contributed by atoms with Gasteiger partial charge in [-0.15, -0.1) is 0 Å². The van der Waals surface area contributed by atoms with Crippen LogP contribution in [0.3, 0.4) is 0 Å². The third kappa shape index (κ3) is 2.86. The lowest BCUT2D eigenvalue weighted by Crippen LogP contribution is -2.32. The lowest BCUT2D eigenvalue weighted by molar-refractivity contribution is 0.0939. The molecule has 0 aliphatic heterocycles. The van der Waals surface area contributed by atoms with Crippen molar-refractivity contribution in [2.75, 3.05) is 0 Å². The summed E-state index contributed by atoms with van der Waals surface area (Å²) < 4.78 is 1.90. The lowest BCUT2D eigenvalue weighted by Gasteiger charge is -2.11. The number of carbonyl (C=O) groups is 1. The highest BCUT2D eigenvalue weighted by Gasteiger charge is 2.10. The van der Waals surface area contributed by atoms with Crippen molar-refractivity contribution < 1.29 is 4.79 Å². The molecule has 22 heavy (non-hydrogen) atoms. The van der Waals surface area contributed by atoms with E-state index >= 15 is 0 Å². The topological polar surface area (TPSA) is 46.4 Å². The molecule has 112 valence electrons. The normalized spacial score (nSPS) is 12.3. The molecule has 0 unspecified atom stereocenters. The summed E-state index contributed by atoms with van der Waals surface area (Å²) in [5.74, 6) is -0.0498. The number of rotatable bonds is 4. The quantitative estimate of drug-likeness (QED) is 0.800. The average molecular weight is 293 g/mol. The fourth-order valence-electron chi connectivity index (χ4n) is 2.28. The summed E-state index contributed by atoms with van der Waals surface area (Å²) in [6, 6.07) is 13.9. The molecule has 0 radical (unpaired) electrons. The van der Waals surface area contributed by atoms with E-state index in [0.29, 0.717) is 5.56 Å². The Morgan fingerprint density at radius 3 is 2.68 bits per heavy atom. The lowest BCUT2D eigenvalue weighted by atomic mass is 10.2. The largest absolute Gasteiger partial charge is 0.350 e. The Morgan fingerprint density at radius 1 is 1.18 bits per heavy atom. The molecule has 0 saturated heterocycles. The first-order valence-corrected chi connectivity index (χ1v) is 7.52.